The molecule has 0 bridgehead atoms. The molecule has 3 heterocycles. The fourth-order valence-electron chi connectivity index (χ4n) is 4.26. The SMILES string of the molecule is CC(C)[Si](C)(C)c1cc(-c2ncc(C(F)(F)F)c3nc4ncccn4c23)cc2ccccc12. The van der Waals surface area contributed by atoms with Gasteiger partial charge in [0.1, 0.15) is 16.6 Å². The summed E-state index contributed by atoms with van der Waals surface area (Å²) in [4.78, 5) is 12.7. The maximum absolute atomic E-state index is 13.8. The highest BCUT2D eigenvalue weighted by Crippen LogP contribution is 2.38. The highest BCUT2D eigenvalue weighted by atomic mass is 28.3. The summed E-state index contributed by atoms with van der Waals surface area (Å²) in [6, 6.07) is 14.0. The van der Waals surface area contributed by atoms with Crippen LogP contribution in [0.25, 0.3) is 38.8 Å². The molecule has 0 fully saturated rings. The van der Waals surface area contributed by atoms with Gasteiger partial charge in [-0.25, -0.2) is 9.97 Å². The summed E-state index contributed by atoms with van der Waals surface area (Å²) in [6.45, 7) is 9.13. The van der Waals surface area contributed by atoms with Crippen LogP contribution in [0.2, 0.25) is 18.6 Å². The molecule has 0 spiro atoms. The molecule has 0 aliphatic carbocycles. The number of aromatic nitrogens is 4. The molecule has 0 unspecified atom stereocenters. The second kappa shape index (κ2) is 7.38. The van der Waals surface area contributed by atoms with Crippen molar-refractivity contribution >= 4 is 40.8 Å². The maximum Gasteiger partial charge on any atom is 0.420 e. The monoisotopic (exact) mass is 464 g/mol. The number of hydrogen-bond donors (Lipinski definition) is 0. The van der Waals surface area contributed by atoms with Crippen LogP contribution < -0.4 is 5.19 Å². The second-order valence-corrected chi connectivity index (χ2v) is 14.4. The molecule has 0 atom stereocenters. The van der Waals surface area contributed by atoms with Gasteiger partial charge in [-0.05, 0) is 28.4 Å². The molecule has 168 valence electrons. The number of pyridine rings is 1. The molecule has 33 heavy (non-hydrogen) atoms. The second-order valence-electron chi connectivity index (χ2n) is 9.24. The number of nitrogens with zero attached hydrogens (tertiary/aromatic N) is 4. The van der Waals surface area contributed by atoms with E-state index in [1.165, 1.54) is 16.8 Å². The molecular formula is C25H23F3N4Si. The van der Waals surface area contributed by atoms with Crippen molar-refractivity contribution in [1.29, 1.82) is 0 Å². The molecule has 5 aromatic rings. The van der Waals surface area contributed by atoms with Gasteiger partial charge in [-0.15, -0.1) is 0 Å². The normalized spacial score (nSPS) is 13.0. The molecule has 0 saturated heterocycles. The van der Waals surface area contributed by atoms with E-state index < -0.39 is 19.8 Å². The highest BCUT2D eigenvalue weighted by Gasteiger charge is 2.36. The fourth-order valence-corrected chi connectivity index (χ4v) is 6.33. The predicted molar refractivity (Wildman–Crippen MR) is 128 cm³/mol. The molecule has 5 rings (SSSR count). The summed E-state index contributed by atoms with van der Waals surface area (Å²) in [5.41, 5.74) is 1.06. The van der Waals surface area contributed by atoms with Crippen molar-refractivity contribution in [2.45, 2.75) is 38.7 Å². The van der Waals surface area contributed by atoms with Crippen LogP contribution in [0.15, 0.2) is 61.1 Å². The van der Waals surface area contributed by atoms with E-state index in [0.29, 0.717) is 16.8 Å². The van der Waals surface area contributed by atoms with Gasteiger partial charge in [-0.3, -0.25) is 9.38 Å². The van der Waals surface area contributed by atoms with Crippen LogP contribution in [-0.4, -0.2) is 27.4 Å². The lowest BCUT2D eigenvalue weighted by Gasteiger charge is -2.29. The van der Waals surface area contributed by atoms with Crippen molar-refractivity contribution in [3.05, 3.63) is 66.6 Å². The van der Waals surface area contributed by atoms with Crippen molar-refractivity contribution in [1.82, 2.24) is 19.4 Å². The zero-order valence-electron chi connectivity index (χ0n) is 18.8. The van der Waals surface area contributed by atoms with E-state index in [4.69, 9.17) is 0 Å². The lowest BCUT2D eigenvalue weighted by Crippen LogP contribution is -2.44. The van der Waals surface area contributed by atoms with Crippen LogP contribution in [0.3, 0.4) is 0 Å². The largest absolute Gasteiger partial charge is 0.420 e. The van der Waals surface area contributed by atoms with Gasteiger partial charge >= 0.3 is 6.18 Å². The Kier molecular flexibility index (Phi) is 4.82. The Hall–Kier alpha value is -3.26. The highest BCUT2D eigenvalue weighted by molar-refractivity contribution is 6.92. The first-order valence-electron chi connectivity index (χ1n) is 10.8. The standard InChI is InChI=1S/C25H23F3N4Si/c1-15(2)33(3,4)20-13-17(12-16-8-5-6-9-18(16)20)21-23-22(19(14-30-21)25(26,27)28)31-24-29-10-7-11-32(23)24/h5-15H,1-4H3. The Balaban J connectivity index is 1.90. The Morgan fingerprint density at radius 1 is 1.00 bits per heavy atom. The van der Waals surface area contributed by atoms with Gasteiger partial charge in [-0.2, -0.15) is 13.2 Å². The van der Waals surface area contributed by atoms with Crippen LogP contribution in [0.4, 0.5) is 13.2 Å². The van der Waals surface area contributed by atoms with Crippen LogP contribution in [0.1, 0.15) is 19.4 Å². The number of fused-ring (bicyclic) bond motifs is 4. The van der Waals surface area contributed by atoms with Crippen LogP contribution in [-0.2, 0) is 6.18 Å². The van der Waals surface area contributed by atoms with Crippen molar-refractivity contribution in [3.63, 3.8) is 0 Å². The third kappa shape index (κ3) is 3.40. The lowest BCUT2D eigenvalue weighted by atomic mass is 10.0. The first-order chi connectivity index (χ1) is 15.6. The molecule has 0 saturated carbocycles. The molecule has 2 aromatic carbocycles. The molecule has 0 amide bonds. The number of alkyl halides is 3. The lowest BCUT2D eigenvalue weighted by molar-refractivity contribution is -0.136. The van der Waals surface area contributed by atoms with Crippen LogP contribution >= 0.6 is 0 Å². The molecule has 3 aromatic heterocycles. The van der Waals surface area contributed by atoms with Gasteiger partial charge < -0.3 is 0 Å². The van der Waals surface area contributed by atoms with E-state index in [0.717, 1.165) is 17.1 Å². The van der Waals surface area contributed by atoms with Crippen LogP contribution in [0.5, 0.6) is 0 Å². The minimum Gasteiger partial charge on any atom is -0.281 e. The van der Waals surface area contributed by atoms with E-state index in [1.807, 2.05) is 24.3 Å². The number of imidazole rings is 1. The van der Waals surface area contributed by atoms with E-state index in [2.05, 4.69) is 54.0 Å². The van der Waals surface area contributed by atoms with Gasteiger partial charge in [-0.1, -0.05) is 62.5 Å². The summed E-state index contributed by atoms with van der Waals surface area (Å²) < 4.78 is 43.0. The average molecular weight is 465 g/mol. The number of rotatable bonds is 3. The molecular weight excluding hydrogens is 441 g/mol. The van der Waals surface area contributed by atoms with Crippen LogP contribution in [0, 0.1) is 0 Å². The smallest absolute Gasteiger partial charge is 0.281 e. The Bertz CT molecular complexity index is 1520. The first kappa shape index (κ1) is 21.6. The first-order valence-corrected chi connectivity index (χ1v) is 13.9. The molecule has 0 aliphatic rings. The maximum atomic E-state index is 13.8. The van der Waals surface area contributed by atoms with E-state index in [1.54, 1.807) is 16.7 Å². The molecule has 0 N–H and O–H groups in total. The Morgan fingerprint density at radius 3 is 2.48 bits per heavy atom. The topological polar surface area (TPSA) is 43.1 Å². The minimum absolute atomic E-state index is 0.138. The predicted octanol–water partition coefficient (Wildman–Crippen LogP) is 6.44. The van der Waals surface area contributed by atoms with Gasteiger partial charge in [0.05, 0.1) is 13.8 Å². The fraction of sp³-hybridized carbons (Fsp3) is 0.240. The summed E-state index contributed by atoms with van der Waals surface area (Å²) in [5, 5.41) is 3.51. The zero-order valence-corrected chi connectivity index (χ0v) is 19.8. The Morgan fingerprint density at radius 2 is 1.76 bits per heavy atom. The molecule has 0 radical (unpaired) electrons. The summed E-state index contributed by atoms with van der Waals surface area (Å²) in [7, 11) is -1.87. The van der Waals surface area contributed by atoms with Gasteiger partial charge in [0.25, 0.3) is 0 Å². The number of halogens is 3. The number of hydrogen-bond acceptors (Lipinski definition) is 3. The molecule has 0 aliphatic heterocycles. The average Bonchev–Trinajstić information content (AvgIpc) is 3.16. The quantitative estimate of drug-likeness (QED) is 0.289. The third-order valence-electron chi connectivity index (χ3n) is 6.78. The van der Waals surface area contributed by atoms with Gasteiger partial charge in [0.15, 0.2) is 0 Å². The van der Waals surface area contributed by atoms with Crippen molar-refractivity contribution in [2.24, 2.45) is 0 Å². The minimum atomic E-state index is -4.57. The van der Waals surface area contributed by atoms with Crippen molar-refractivity contribution in [2.75, 3.05) is 0 Å². The van der Waals surface area contributed by atoms with Crippen molar-refractivity contribution in [3.8, 4) is 11.3 Å². The van der Waals surface area contributed by atoms with E-state index >= 15 is 0 Å². The summed E-state index contributed by atoms with van der Waals surface area (Å²) in [5.74, 6) is 0.213. The van der Waals surface area contributed by atoms with Crippen molar-refractivity contribution < 1.29 is 13.2 Å². The Labute approximate surface area is 190 Å². The van der Waals surface area contributed by atoms with Gasteiger partial charge in [0.2, 0.25) is 5.78 Å². The molecule has 4 nitrogen and oxygen atoms in total. The zero-order chi connectivity index (χ0) is 23.5. The van der Waals surface area contributed by atoms with E-state index in [-0.39, 0.29) is 11.3 Å². The number of benzene rings is 2. The summed E-state index contributed by atoms with van der Waals surface area (Å²) >= 11 is 0. The summed E-state index contributed by atoms with van der Waals surface area (Å²) in [6.07, 6.45) is -0.475. The van der Waals surface area contributed by atoms with Gasteiger partial charge in [0, 0.05) is 24.2 Å². The molecule has 8 heteroatoms. The van der Waals surface area contributed by atoms with E-state index in [9.17, 15) is 13.2 Å². The third-order valence-corrected chi connectivity index (χ3v) is 11.5.